The maximum atomic E-state index is 12.6. The Morgan fingerprint density at radius 3 is 2.48 bits per heavy atom. The Labute approximate surface area is 159 Å². The van der Waals surface area contributed by atoms with Crippen molar-refractivity contribution in [1.29, 1.82) is 0 Å². The van der Waals surface area contributed by atoms with Gasteiger partial charge in [0.2, 0.25) is 0 Å². The number of pyridine rings is 1. The molecular formula is C21H25N3O3. The van der Waals surface area contributed by atoms with Gasteiger partial charge in [-0.2, -0.15) is 0 Å². The number of ether oxygens (including phenoxy) is 1. The fourth-order valence-corrected chi connectivity index (χ4v) is 3.18. The molecule has 6 nitrogen and oxygen atoms in total. The number of likely N-dealkylation sites (tertiary alicyclic amines) is 1. The molecule has 0 aliphatic carbocycles. The number of methoxy groups -OCH3 is 1. The average molecular weight is 367 g/mol. The molecular weight excluding hydrogens is 342 g/mol. The van der Waals surface area contributed by atoms with E-state index in [9.17, 15) is 9.59 Å². The molecule has 6 heteroatoms. The van der Waals surface area contributed by atoms with Crippen molar-refractivity contribution in [2.45, 2.75) is 25.7 Å². The number of hydrogen-bond donors (Lipinski definition) is 1. The third kappa shape index (κ3) is 5.06. The van der Waals surface area contributed by atoms with Gasteiger partial charge in [0.1, 0.15) is 5.75 Å². The topological polar surface area (TPSA) is 71.5 Å². The summed E-state index contributed by atoms with van der Waals surface area (Å²) >= 11 is 0. The van der Waals surface area contributed by atoms with E-state index in [-0.39, 0.29) is 11.8 Å². The summed E-state index contributed by atoms with van der Waals surface area (Å²) in [7, 11) is 1.63. The monoisotopic (exact) mass is 367 g/mol. The highest BCUT2D eigenvalue weighted by molar-refractivity contribution is 5.99. The predicted molar refractivity (Wildman–Crippen MR) is 103 cm³/mol. The van der Waals surface area contributed by atoms with E-state index in [1.165, 1.54) is 18.8 Å². The first kappa shape index (κ1) is 18.9. The van der Waals surface area contributed by atoms with Gasteiger partial charge in [0.15, 0.2) is 0 Å². The Morgan fingerprint density at radius 2 is 1.78 bits per heavy atom. The Kier molecular flexibility index (Phi) is 6.41. The highest BCUT2D eigenvalue weighted by Crippen LogP contribution is 2.14. The largest absolute Gasteiger partial charge is 0.497 e. The Hall–Kier alpha value is -2.89. The minimum atomic E-state index is -0.218. The van der Waals surface area contributed by atoms with Gasteiger partial charge in [-0.15, -0.1) is 0 Å². The van der Waals surface area contributed by atoms with Crippen molar-refractivity contribution in [2.24, 2.45) is 0 Å². The molecule has 1 aromatic carbocycles. The van der Waals surface area contributed by atoms with Gasteiger partial charge in [-0.25, -0.2) is 0 Å². The van der Waals surface area contributed by atoms with E-state index in [0.717, 1.165) is 43.7 Å². The quantitative estimate of drug-likeness (QED) is 0.852. The second-order valence-electron chi connectivity index (χ2n) is 6.67. The minimum absolute atomic E-state index is 0.0462. The fraction of sp³-hybridized carbons (Fsp3) is 0.381. The molecule has 1 fully saturated rings. The number of carbonyl (C=O) groups is 2. The number of rotatable bonds is 6. The zero-order valence-corrected chi connectivity index (χ0v) is 15.6. The molecule has 1 aromatic heterocycles. The molecule has 0 unspecified atom stereocenters. The van der Waals surface area contributed by atoms with Crippen molar-refractivity contribution in [3.63, 3.8) is 0 Å². The minimum Gasteiger partial charge on any atom is -0.497 e. The van der Waals surface area contributed by atoms with E-state index < -0.39 is 0 Å². The van der Waals surface area contributed by atoms with Crippen LogP contribution >= 0.6 is 0 Å². The number of nitrogens with zero attached hydrogens (tertiary/aromatic N) is 2. The molecule has 1 N–H and O–H groups in total. The molecule has 1 aliphatic heterocycles. The molecule has 0 spiro atoms. The molecule has 1 saturated heterocycles. The lowest BCUT2D eigenvalue weighted by atomic mass is 10.1. The van der Waals surface area contributed by atoms with Crippen LogP contribution in [-0.4, -0.2) is 48.4 Å². The fourth-order valence-electron chi connectivity index (χ4n) is 3.18. The second kappa shape index (κ2) is 9.16. The second-order valence-corrected chi connectivity index (χ2v) is 6.67. The zero-order chi connectivity index (χ0) is 19.1. The Balaban J connectivity index is 1.55. The van der Waals surface area contributed by atoms with Crippen LogP contribution in [0.4, 0.5) is 0 Å². The van der Waals surface area contributed by atoms with Crippen molar-refractivity contribution in [2.75, 3.05) is 26.7 Å². The standard InChI is InChI=1S/C21H25N3O3/c1-27-19-7-5-16(6-8-19)9-10-23-20(25)17-13-18(15-22-14-17)21(26)24-11-3-2-4-12-24/h5-8,13-15H,2-4,9-12H2,1H3,(H,23,25). The summed E-state index contributed by atoms with van der Waals surface area (Å²) in [6.45, 7) is 2.06. The molecule has 1 aliphatic rings. The molecule has 27 heavy (non-hydrogen) atoms. The van der Waals surface area contributed by atoms with Crippen LogP contribution < -0.4 is 10.1 Å². The van der Waals surface area contributed by atoms with Gasteiger partial charge in [-0.3, -0.25) is 14.6 Å². The van der Waals surface area contributed by atoms with Gasteiger partial charge in [-0.05, 0) is 49.4 Å². The van der Waals surface area contributed by atoms with E-state index in [4.69, 9.17) is 4.74 Å². The molecule has 0 radical (unpaired) electrons. The number of benzene rings is 1. The van der Waals surface area contributed by atoms with Gasteiger partial charge in [0.05, 0.1) is 18.2 Å². The third-order valence-electron chi connectivity index (χ3n) is 4.75. The summed E-state index contributed by atoms with van der Waals surface area (Å²) in [5, 5.41) is 2.89. The van der Waals surface area contributed by atoms with E-state index in [2.05, 4.69) is 10.3 Å². The van der Waals surface area contributed by atoms with E-state index in [0.29, 0.717) is 17.7 Å². The van der Waals surface area contributed by atoms with Crippen LogP contribution in [0.5, 0.6) is 5.75 Å². The van der Waals surface area contributed by atoms with E-state index in [1.807, 2.05) is 29.2 Å². The summed E-state index contributed by atoms with van der Waals surface area (Å²) in [4.78, 5) is 30.9. The van der Waals surface area contributed by atoms with Crippen LogP contribution in [0.25, 0.3) is 0 Å². The van der Waals surface area contributed by atoms with Crippen molar-refractivity contribution in [3.05, 3.63) is 59.4 Å². The number of aromatic nitrogens is 1. The maximum Gasteiger partial charge on any atom is 0.255 e. The average Bonchev–Trinajstić information content (AvgIpc) is 2.74. The van der Waals surface area contributed by atoms with Crippen LogP contribution in [0.1, 0.15) is 45.5 Å². The molecule has 0 atom stereocenters. The van der Waals surface area contributed by atoms with Crippen LogP contribution in [0.2, 0.25) is 0 Å². The summed E-state index contributed by atoms with van der Waals surface area (Å²) in [6, 6.07) is 9.38. The van der Waals surface area contributed by atoms with Crippen molar-refractivity contribution in [3.8, 4) is 5.75 Å². The summed E-state index contributed by atoms with van der Waals surface area (Å²) in [5.74, 6) is 0.545. The molecule has 142 valence electrons. The van der Waals surface area contributed by atoms with E-state index >= 15 is 0 Å². The van der Waals surface area contributed by atoms with Gasteiger partial charge >= 0.3 is 0 Å². The lowest BCUT2D eigenvalue weighted by Crippen LogP contribution is -2.35. The van der Waals surface area contributed by atoms with Crippen LogP contribution in [-0.2, 0) is 6.42 Å². The molecule has 3 rings (SSSR count). The molecule has 0 saturated carbocycles. The van der Waals surface area contributed by atoms with Crippen LogP contribution in [0.3, 0.4) is 0 Å². The SMILES string of the molecule is COc1ccc(CCNC(=O)c2cncc(C(=O)N3CCCCC3)c2)cc1. The smallest absolute Gasteiger partial charge is 0.255 e. The highest BCUT2D eigenvalue weighted by atomic mass is 16.5. The lowest BCUT2D eigenvalue weighted by molar-refractivity contribution is 0.0724. The molecule has 0 bridgehead atoms. The van der Waals surface area contributed by atoms with Crippen LogP contribution in [0, 0.1) is 0 Å². The summed E-state index contributed by atoms with van der Waals surface area (Å²) in [6.07, 6.45) is 6.98. The van der Waals surface area contributed by atoms with Crippen molar-refractivity contribution in [1.82, 2.24) is 15.2 Å². The van der Waals surface area contributed by atoms with Gasteiger partial charge in [-0.1, -0.05) is 12.1 Å². The maximum absolute atomic E-state index is 12.6. The Bertz CT molecular complexity index is 784. The first-order valence-corrected chi connectivity index (χ1v) is 9.33. The molecule has 2 heterocycles. The van der Waals surface area contributed by atoms with Gasteiger partial charge in [0.25, 0.3) is 11.8 Å². The predicted octanol–water partition coefficient (Wildman–Crippen LogP) is 2.69. The molecule has 2 aromatic rings. The Morgan fingerprint density at radius 1 is 1.07 bits per heavy atom. The summed E-state index contributed by atoms with van der Waals surface area (Å²) < 4.78 is 5.14. The normalized spacial score (nSPS) is 13.9. The first-order valence-electron chi connectivity index (χ1n) is 9.33. The zero-order valence-electron chi connectivity index (χ0n) is 15.6. The lowest BCUT2D eigenvalue weighted by Gasteiger charge is -2.26. The number of carbonyl (C=O) groups excluding carboxylic acids is 2. The number of hydrogen-bond acceptors (Lipinski definition) is 4. The molecule has 2 amide bonds. The summed E-state index contributed by atoms with van der Waals surface area (Å²) in [5.41, 5.74) is 2.00. The van der Waals surface area contributed by atoms with Crippen molar-refractivity contribution < 1.29 is 14.3 Å². The third-order valence-corrected chi connectivity index (χ3v) is 4.75. The van der Waals surface area contributed by atoms with Crippen LogP contribution in [0.15, 0.2) is 42.7 Å². The van der Waals surface area contributed by atoms with Gasteiger partial charge in [0, 0.05) is 32.0 Å². The van der Waals surface area contributed by atoms with Gasteiger partial charge < -0.3 is 15.0 Å². The number of piperidine rings is 1. The highest BCUT2D eigenvalue weighted by Gasteiger charge is 2.19. The van der Waals surface area contributed by atoms with E-state index in [1.54, 1.807) is 13.2 Å². The number of nitrogens with one attached hydrogen (secondary N) is 1. The number of amides is 2. The van der Waals surface area contributed by atoms with Crippen molar-refractivity contribution >= 4 is 11.8 Å². The first-order chi connectivity index (χ1) is 13.2.